The molecule has 2 aliphatic carbocycles. The van der Waals surface area contributed by atoms with Gasteiger partial charge in [0.05, 0.1) is 10.8 Å². The van der Waals surface area contributed by atoms with Crippen molar-refractivity contribution in [2.45, 2.75) is 30.4 Å². The van der Waals surface area contributed by atoms with Crippen LogP contribution < -0.4 is 4.90 Å². The van der Waals surface area contributed by atoms with Gasteiger partial charge in [-0.05, 0) is 133 Å². The van der Waals surface area contributed by atoms with Crippen LogP contribution in [0.15, 0.2) is 244 Å². The molecule has 308 valence electrons. The number of hydrogen-bond donors (Lipinski definition) is 0. The summed E-state index contributed by atoms with van der Waals surface area (Å²) >= 11 is 5.67. The number of rotatable bonds is 3. The molecule has 0 saturated heterocycles. The average molecular weight is 892 g/mol. The van der Waals surface area contributed by atoms with E-state index in [0.717, 1.165) is 17.1 Å². The van der Waals surface area contributed by atoms with Crippen molar-refractivity contribution in [2.24, 2.45) is 0 Å². The number of benzene rings is 10. The van der Waals surface area contributed by atoms with E-state index in [1.165, 1.54) is 107 Å². The summed E-state index contributed by atoms with van der Waals surface area (Å²) in [6.07, 6.45) is 0. The van der Waals surface area contributed by atoms with Crippen LogP contribution in [0.2, 0.25) is 0 Å². The zero-order valence-electron chi connectivity index (χ0n) is 35.5. The van der Waals surface area contributed by atoms with Crippen LogP contribution in [-0.4, -0.2) is 0 Å². The van der Waals surface area contributed by atoms with E-state index in [4.69, 9.17) is 0 Å². The van der Waals surface area contributed by atoms with Crippen molar-refractivity contribution in [3.05, 3.63) is 269 Å². The minimum absolute atomic E-state index is 0.488. The van der Waals surface area contributed by atoms with E-state index in [-0.39, 0.29) is 0 Å². The number of anilines is 3. The molecule has 15 rings (SSSR count). The Morgan fingerprint density at radius 1 is 0.273 bits per heavy atom. The summed E-state index contributed by atoms with van der Waals surface area (Å²) in [5, 5.41) is 2.61. The molecule has 1 nitrogen and oxygen atoms in total. The normalized spacial score (nSPS) is 14.8. The number of nitrogens with zero attached hydrogens (tertiary/aromatic N) is 1. The van der Waals surface area contributed by atoms with Gasteiger partial charge in [0.15, 0.2) is 0 Å². The van der Waals surface area contributed by atoms with Crippen molar-refractivity contribution in [3.8, 4) is 22.3 Å². The van der Waals surface area contributed by atoms with Gasteiger partial charge < -0.3 is 4.90 Å². The standard InChI is InChI=1S/C62H37NS3/c1-4-18-47-41(15-1)43-32-29-38(35-53(43)61(47)49-20-6-11-25-56(49)65-57-26-12-7-21-50(57)61)63(40-31-34-46-45-17-3-10-24-55(45)64-60(46)37-40)39-30-33-44-42-16-2-5-19-48(42)62(54(44)36-39)51-22-8-13-27-58(51)66-59-28-14-9-23-52(59)62/h1-37H. The second kappa shape index (κ2) is 13.7. The second-order valence-corrected chi connectivity index (χ2v) is 21.1. The van der Waals surface area contributed by atoms with Crippen molar-refractivity contribution >= 4 is 72.1 Å². The molecule has 4 aliphatic rings. The molecule has 0 amide bonds. The third-order valence-electron chi connectivity index (χ3n) is 14.8. The Bertz CT molecular complexity index is 3590. The highest BCUT2D eigenvalue weighted by Crippen LogP contribution is 2.65. The first-order chi connectivity index (χ1) is 32.7. The van der Waals surface area contributed by atoms with E-state index in [2.05, 4.69) is 229 Å². The summed E-state index contributed by atoms with van der Waals surface area (Å²) in [7, 11) is 0. The zero-order chi connectivity index (χ0) is 43.1. The monoisotopic (exact) mass is 891 g/mol. The summed E-state index contributed by atoms with van der Waals surface area (Å²) < 4.78 is 2.60. The van der Waals surface area contributed by atoms with E-state index in [0.29, 0.717) is 0 Å². The molecule has 0 bridgehead atoms. The molecule has 2 aliphatic heterocycles. The molecule has 0 saturated carbocycles. The Hall–Kier alpha value is -7.08. The fourth-order valence-corrected chi connectivity index (χ4v) is 15.8. The third-order valence-corrected chi connectivity index (χ3v) is 18.2. The SMILES string of the molecule is c1ccc2c(c1)Sc1ccccc1C21c2ccccc2-c2ccc(N(c3ccc4c(c3)C3(c5ccccc5Sc5ccccc53)c3ccccc3-4)c3ccc4c(c3)sc3ccccc34)cc21. The van der Waals surface area contributed by atoms with E-state index in [9.17, 15) is 0 Å². The first-order valence-corrected chi connectivity index (χ1v) is 25.1. The number of thiophene rings is 1. The lowest BCUT2D eigenvalue weighted by Crippen LogP contribution is -2.32. The highest BCUT2D eigenvalue weighted by atomic mass is 32.2. The summed E-state index contributed by atoms with van der Waals surface area (Å²) in [6, 6.07) is 85.3. The number of hydrogen-bond acceptors (Lipinski definition) is 4. The highest BCUT2D eigenvalue weighted by molar-refractivity contribution is 7.99. The van der Waals surface area contributed by atoms with Crippen LogP contribution in [0, 0.1) is 0 Å². The fraction of sp³-hybridized carbons (Fsp3) is 0.0323. The molecule has 0 radical (unpaired) electrons. The van der Waals surface area contributed by atoms with Gasteiger partial charge in [-0.1, -0.05) is 181 Å². The molecular weight excluding hydrogens is 855 g/mol. The van der Waals surface area contributed by atoms with Crippen LogP contribution in [0.25, 0.3) is 42.4 Å². The highest BCUT2D eigenvalue weighted by Gasteiger charge is 2.52. The maximum atomic E-state index is 2.54. The van der Waals surface area contributed by atoms with Crippen molar-refractivity contribution in [3.63, 3.8) is 0 Å². The summed E-state index contributed by atoms with van der Waals surface area (Å²) in [5.41, 5.74) is 18.4. The first kappa shape index (κ1) is 37.2. The van der Waals surface area contributed by atoms with E-state index < -0.39 is 10.8 Å². The Morgan fingerprint density at radius 2 is 0.636 bits per heavy atom. The lowest BCUT2D eigenvalue weighted by molar-refractivity contribution is 0.721. The van der Waals surface area contributed by atoms with E-state index in [1.807, 2.05) is 34.9 Å². The first-order valence-electron chi connectivity index (χ1n) is 22.7. The van der Waals surface area contributed by atoms with Gasteiger partial charge in [0.2, 0.25) is 0 Å². The molecule has 0 N–H and O–H groups in total. The van der Waals surface area contributed by atoms with Gasteiger partial charge in [-0.25, -0.2) is 0 Å². The Labute approximate surface area is 396 Å². The maximum Gasteiger partial charge on any atom is 0.0736 e. The van der Waals surface area contributed by atoms with Gasteiger partial charge in [0, 0.05) is 56.8 Å². The molecule has 3 heterocycles. The van der Waals surface area contributed by atoms with Crippen molar-refractivity contribution in [1.29, 1.82) is 0 Å². The lowest BCUT2D eigenvalue weighted by atomic mass is 9.67. The van der Waals surface area contributed by atoms with Crippen LogP contribution in [0.3, 0.4) is 0 Å². The topological polar surface area (TPSA) is 3.24 Å². The minimum atomic E-state index is -0.488. The van der Waals surface area contributed by atoms with Gasteiger partial charge >= 0.3 is 0 Å². The van der Waals surface area contributed by atoms with Crippen molar-refractivity contribution in [2.75, 3.05) is 4.90 Å². The van der Waals surface area contributed by atoms with Crippen molar-refractivity contribution in [1.82, 2.24) is 0 Å². The molecule has 66 heavy (non-hydrogen) atoms. The van der Waals surface area contributed by atoms with Gasteiger partial charge in [0.25, 0.3) is 0 Å². The second-order valence-electron chi connectivity index (χ2n) is 17.9. The largest absolute Gasteiger partial charge is 0.310 e. The Morgan fingerprint density at radius 3 is 1.14 bits per heavy atom. The Balaban J connectivity index is 1.02. The van der Waals surface area contributed by atoms with Crippen molar-refractivity contribution < 1.29 is 0 Å². The number of fused-ring (bicyclic) bond motifs is 21. The zero-order valence-corrected chi connectivity index (χ0v) is 38.0. The van der Waals surface area contributed by atoms with Crippen LogP contribution in [0.1, 0.15) is 44.5 Å². The predicted octanol–water partition coefficient (Wildman–Crippen LogP) is 17.2. The molecule has 1 aromatic heterocycles. The molecule has 11 aromatic rings. The minimum Gasteiger partial charge on any atom is -0.310 e. The summed E-state index contributed by atoms with van der Waals surface area (Å²) in [4.78, 5) is 7.79. The molecule has 0 atom stereocenters. The van der Waals surface area contributed by atoms with Gasteiger partial charge in [0.1, 0.15) is 0 Å². The molecule has 4 heteroatoms. The smallest absolute Gasteiger partial charge is 0.0736 e. The third kappa shape index (κ3) is 4.78. The Kier molecular flexibility index (Phi) is 7.73. The average Bonchev–Trinajstić information content (AvgIpc) is 3.99. The molecule has 0 unspecified atom stereocenters. The molecule has 0 fully saturated rings. The lowest BCUT2D eigenvalue weighted by Gasteiger charge is -2.40. The quantitative estimate of drug-likeness (QED) is 0.174. The van der Waals surface area contributed by atoms with E-state index in [1.54, 1.807) is 0 Å². The van der Waals surface area contributed by atoms with Gasteiger partial charge in [-0.15, -0.1) is 11.3 Å². The van der Waals surface area contributed by atoms with Crippen LogP contribution in [0.4, 0.5) is 17.1 Å². The predicted molar refractivity (Wildman–Crippen MR) is 277 cm³/mol. The van der Waals surface area contributed by atoms with Crippen LogP contribution in [0.5, 0.6) is 0 Å². The maximum absolute atomic E-state index is 2.54. The summed E-state index contributed by atoms with van der Waals surface area (Å²) in [6.45, 7) is 0. The molecular formula is C62H37NS3. The van der Waals surface area contributed by atoms with Gasteiger partial charge in [-0.3, -0.25) is 0 Å². The van der Waals surface area contributed by atoms with E-state index >= 15 is 0 Å². The van der Waals surface area contributed by atoms with Crippen LogP contribution >= 0.6 is 34.9 Å². The fourth-order valence-electron chi connectivity index (χ4n) is 12.3. The molecule has 10 aromatic carbocycles. The van der Waals surface area contributed by atoms with Crippen LogP contribution in [-0.2, 0) is 10.8 Å². The molecule has 2 spiro atoms. The van der Waals surface area contributed by atoms with Gasteiger partial charge in [-0.2, -0.15) is 0 Å². The summed E-state index contributed by atoms with van der Waals surface area (Å²) in [5.74, 6) is 0.